The SMILES string of the molecule is Cc1ccccc1C(=O)Nc1ccccc1C(=O)N/N=C/c1ccc([N+](=O)[O-])cc1. The predicted octanol–water partition coefficient (Wildman–Crippen LogP) is 3.92. The summed E-state index contributed by atoms with van der Waals surface area (Å²) in [7, 11) is 0. The number of benzene rings is 3. The van der Waals surface area contributed by atoms with Gasteiger partial charge in [-0.05, 0) is 48.4 Å². The van der Waals surface area contributed by atoms with Crippen molar-refractivity contribution in [3.8, 4) is 0 Å². The van der Waals surface area contributed by atoms with Crippen LogP contribution in [0.5, 0.6) is 0 Å². The van der Waals surface area contributed by atoms with E-state index in [1.807, 2.05) is 19.1 Å². The number of non-ortho nitro benzene ring substituents is 1. The number of nitrogens with zero attached hydrogens (tertiary/aromatic N) is 2. The van der Waals surface area contributed by atoms with E-state index in [-0.39, 0.29) is 17.2 Å². The normalized spacial score (nSPS) is 10.6. The van der Waals surface area contributed by atoms with Crippen molar-refractivity contribution in [1.29, 1.82) is 0 Å². The number of hydrazone groups is 1. The van der Waals surface area contributed by atoms with Crippen molar-refractivity contribution in [3.63, 3.8) is 0 Å². The Hall–Kier alpha value is -4.33. The van der Waals surface area contributed by atoms with E-state index in [4.69, 9.17) is 0 Å². The van der Waals surface area contributed by atoms with Crippen LogP contribution in [0.15, 0.2) is 77.9 Å². The average Bonchev–Trinajstić information content (AvgIpc) is 2.74. The molecule has 0 saturated carbocycles. The van der Waals surface area contributed by atoms with Crippen LogP contribution >= 0.6 is 0 Å². The van der Waals surface area contributed by atoms with Gasteiger partial charge in [-0.3, -0.25) is 19.7 Å². The highest BCUT2D eigenvalue weighted by molar-refractivity contribution is 6.09. The molecule has 0 aliphatic heterocycles. The van der Waals surface area contributed by atoms with Crippen LogP contribution in [0.1, 0.15) is 31.8 Å². The lowest BCUT2D eigenvalue weighted by Crippen LogP contribution is -2.21. The standard InChI is InChI=1S/C22H18N4O4/c1-15-6-2-3-7-18(15)21(27)24-20-9-5-4-8-19(20)22(28)25-23-14-16-10-12-17(13-11-16)26(29)30/h2-14H,1H3,(H,24,27)(H,25,28)/b23-14+. The summed E-state index contributed by atoms with van der Waals surface area (Å²) >= 11 is 0. The van der Waals surface area contributed by atoms with Gasteiger partial charge in [-0.1, -0.05) is 30.3 Å². The molecule has 150 valence electrons. The van der Waals surface area contributed by atoms with Crippen LogP contribution in [0, 0.1) is 17.0 Å². The van der Waals surface area contributed by atoms with Crippen LogP contribution in [0.3, 0.4) is 0 Å². The molecular weight excluding hydrogens is 384 g/mol. The Balaban J connectivity index is 1.70. The number of hydrogen-bond donors (Lipinski definition) is 2. The van der Waals surface area contributed by atoms with Gasteiger partial charge in [0.15, 0.2) is 0 Å². The Morgan fingerprint density at radius 3 is 2.20 bits per heavy atom. The van der Waals surface area contributed by atoms with Crippen molar-refractivity contribution in [2.45, 2.75) is 6.92 Å². The lowest BCUT2D eigenvalue weighted by atomic mass is 10.1. The van der Waals surface area contributed by atoms with Crippen LogP contribution in [-0.4, -0.2) is 23.0 Å². The first kappa shape index (κ1) is 20.4. The molecule has 30 heavy (non-hydrogen) atoms. The van der Waals surface area contributed by atoms with Gasteiger partial charge in [-0.15, -0.1) is 0 Å². The summed E-state index contributed by atoms with van der Waals surface area (Å²) in [6, 6.07) is 19.5. The Labute approximate surface area is 172 Å². The van der Waals surface area contributed by atoms with Gasteiger partial charge in [-0.2, -0.15) is 5.10 Å². The molecule has 2 amide bonds. The summed E-state index contributed by atoms with van der Waals surface area (Å²) in [5.41, 5.74) is 4.89. The zero-order valence-corrected chi connectivity index (χ0v) is 16.0. The van der Waals surface area contributed by atoms with Crippen LogP contribution in [0.4, 0.5) is 11.4 Å². The summed E-state index contributed by atoms with van der Waals surface area (Å²) in [5, 5.41) is 17.3. The van der Waals surface area contributed by atoms with E-state index < -0.39 is 10.8 Å². The lowest BCUT2D eigenvalue weighted by molar-refractivity contribution is -0.384. The van der Waals surface area contributed by atoms with E-state index in [9.17, 15) is 19.7 Å². The number of para-hydroxylation sites is 1. The number of nitro benzene ring substituents is 1. The van der Waals surface area contributed by atoms with Crippen molar-refractivity contribution in [1.82, 2.24) is 5.43 Å². The molecule has 0 heterocycles. The number of rotatable bonds is 6. The third-order valence-corrected chi connectivity index (χ3v) is 4.29. The third-order valence-electron chi connectivity index (χ3n) is 4.29. The maximum atomic E-state index is 12.6. The highest BCUT2D eigenvalue weighted by atomic mass is 16.6. The van der Waals surface area contributed by atoms with Crippen molar-refractivity contribution in [2.24, 2.45) is 5.10 Å². The topological polar surface area (TPSA) is 114 Å². The molecule has 0 bridgehead atoms. The molecule has 0 aromatic heterocycles. The molecule has 0 radical (unpaired) electrons. The van der Waals surface area contributed by atoms with Gasteiger partial charge >= 0.3 is 0 Å². The number of amides is 2. The molecular formula is C22H18N4O4. The minimum absolute atomic E-state index is 0.0329. The second-order valence-electron chi connectivity index (χ2n) is 6.36. The van der Waals surface area contributed by atoms with E-state index >= 15 is 0 Å². The minimum atomic E-state index is -0.506. The van der Waals surface area contributed by atoms with Gasteiger partial charge in [0.05, 0.1) is 22.4 Å². The Bertz CT molecular complexity index is 1120. The van der Waals surface area contributed by atoms with Gasteiger partial charge in [0.25, 0.3) is 17.5 Å². The van der Waals surface area contributed by atoms with Crippen molar-refractivity contribution < 1.29 is 14.5 Å². The fourth-order valence-corrected chi connectivity index (χ4v) is 2.72. The molecule has 0 spiro atoms. The fourth-order valence-electron chi connectivity index (χ4n) is 2.72. The number of nitro groups is 1. The second-order valence-corrected chi connectivity index (χ2v) is 6.36. The molecule has 3 aromatic rings. The van der Waals surface area contributed by atoms with Crippen molar-refractivity contribution in [3.05, 3.63) is 105 Å². The quantitative estimate of drug-likeness (QED) is 0.369. The van der Waals surface area contributed by atoms with Crippen molar-refractivity contribution in [2.75, 3.05) is 5.32 Å². The Morgan fingerprint density at radius 2 is 1.53 bits per heavy atom. The first-order chi connectivity index (χ1) is 14.5. The Kier molecular flexibility index (Phi) is 6.29. The van der Waals surface area contributed by atoms with Gasteiger partial charge in [0.2, 0.25) is 0 Å². The monoisotopic (exact) mass is 402 g/mol. The van der Waals surface area contributed by atoms with Crippen molar-refractivity contribution >= 4 is 29.4 Å². The molecule has 2 N–H and O–H groups in total. The minimum Gasteiger partial charge on any atom is -0.321 e. The molecule has 0 fully saturated rings. The number of carbonyl (C=O) groups excluding carboxylic acids is 2. The van der Waals surface area contributed by atoms with E-state index in [2.05, 4.69) is 15.8 Å². The summed E-state index contributed by atoms with van der Waals surface area (Å²) in [6.07, 6.45) is 1.37. The molecule has 3 rings (SSSR count). The lowest BCUT2D eigenvalue weighted by Gasteiger charge is -2.11. The smallest absolute Gasteiger partial charge is 0.273 e. The number of nitrogens with one attached hydrogen (secondary N) is 2. The summed E-state index contributed by atoms with van der Waals surface area (Å²) in [6.45, 7) is 1.83. The number of aryl methyl sites for hydroxylation is 1. The van der Waals surface area contributed by atoms with E-state index in [0.717, 1.165) is 5.56 Å². The van der Waals surface area contributed by atoms with Crippen LogP contribution in [0.2, 0.25) is 0 Å². The Morgan fingerprint density at radius 1 is 0.900 bits per heavy atom. The highest BCUT2D eigenvalue weighted by Gasteiger charge is 2.14. The summed E-state index contributed by atoms with van der Waals surface area (Å²) in [4.78, 5) is 35.3. The maximum absolute atomic E-state index is 12.6. The fraction of sp³-hybridized carbons (Fsp3) is 0.0455. The third kappa shape index (κ3) is 4.93. The number of anilines is 1. The largest absolute Gasteiger partial charge is 0.321 e. The van der Waals surface area contributed by atoms with Gasteiger partial charge in [0.1, 0.15) is 0 Å². The molecule has 8 nitrogen and oxygen atoms in total. The van der Waals surface area contributed by atoms with Crippen LogP contribution in [-0.2, 0) is 0 Å². The molecule has 0 saturated heterocycles. The van der Waals surface area contributed by atoms with E-state index in [1.54, 1.807) is 36.4 Å². The van der Waals surface area contributed by atoms with E-state index in [0.29, 0.717) is 16.8 Å². The maximum Gasteiger partial charge on any atom is 0.273 e. The first-order valence-corrected chi connectivity index (χ1v) is 8.99. The van der Waals surface area contributed by atoms with Crippen LogP contribution in [0.25, 0.3) is 0 Å². The van der Waals surface area contributed by atoms with Gasteiger partial charge in [0, 0.05) is 17.7 Å². The zero-order valence-electron chi connectivity index (χ0n) is 16.0. The molecule has 8 heteroatoms. The molecule has 3 aromatic carbocycles. The molecule has 0 unspecified atom stereocenters. The first-order valence-electron chi connectivity index (χ1n) is 8.99. The highest BCUT2D eigenvalue weighted by Crippen LogP contribution is 2.17. The predicted molar refractivity (Wildman–Crippen MR) is 114 cm³/mol. The number of carbonyl (C=O) groups is 2. The van der Waals surface area contributed by atoms with Gasteiger partial charge in [-0.25, -0.2) is 5.43 Å². The summed E-state index contributed by atoms with van der Waals surface area (Å²) in [5.74, 6) is -0.823. The van der Waals surface area contributed by atoms with Crippen LogP contribution < -0.4 is 10.7 Å². The molecule has 0 aliphatic rings. The number of hydrogen-bond acceptors (Lipinski definition) is 5. The zero-order chi connectivity index (χ0) is 21.5. The second kappa shape index (κ2) is 9.24. The molecule has 0 atom stereocenters. The average molecular weight is 402 g/mol. The van der Waals surface area contributed by atoms with Gasteiger partial charge < -0.3 is 5.32 Å². The summed E-state index contributed by atoms with van der Waals surface area (Å²) < 4.78 is 0. The van der Waals surface area contributed by atoms with E-state index in [1.165, 1.54) is 30.5 Å². The molecule has 0 aliphatic carbocycles.